The van der Waals surface area contributed by atoms with E-state index in [1.807, 2.05) is 38.1 Å². The lowest BCUT2D eigenvalue weighted by Gasteiger charge is -2.19. The smallest absolute Gasteiger partial charge is 0.225 e. The Morgan fingerprint density at radius 1 is 1.36 bits per heavy atom. The number of nitrogens with zero attached hydrogens (tertiary/aromatic N) is 1. The molecule has 1 aliphatic carbocycles. The molecule has 0 radical (unpaired) electrons. The normalized spacial score (nSPS) is 15.6. The first kappa shape index (κ1) is 15.1. The van der Waals surface area contributed by atoms with Gasteiger partial charge in [-0.2, -0.15) is 0 Å². The van der Waals surface area contributed by atoms with E-state index in [1.165, 1.54) is 0 Å². The van der Waals surface area contributed by atoms with Crippen LogP contribution in [-0.4, -0.2) is 11.1 Å². The van der Waals surface area contributed by atoms with Crippen LogP contribution in [0.5, 0.6) is 0 Å². The molecule has 2 aromatic rings. The van der Waals surface area contributed by atoms with Gasteiger partial charge in [0.2, 0.25) is 5.91 Å². The minimum Gasteiger partial charge on any atom is -0.361 e. The van der Waals surface area contributed by atoms with Crippen molar-refractivity contribution in [3.8, 4) is 0 Å². The number of hydrogen-bond donors (Lipinski definition) is 1. The van der Waals surface area contributed by atoms with Crippen molar-refractivity contribution in [1.29, 1.82) is 0 Å². The van der Waals surface area contributed by atoms with Crippen LogP contribution in [0.25, 0.3) is 0 Å². The topological polar surface area (TPSA) is 55.1 Å². The fourth-order valence-electron chi connectivity index (χ4n) is 2.71. The largest absolute Gasteiger partial charge is 0.361 e. The molecular weight excluding hydrogens is 300 g/mol. The maximum absolute atomic E-state index is 12.4. The van der Waals surface area contributed by atoms with Gasteiger partial charge in [0, 0.05) is 10.6 Å². The molecule has 1 N–H and O–H groups in total. The molecule has 0 spiro atoms. The summed E-state index contributed by atoms with van der Waals surface area (Å²) in [7, 11) is 0. The summed E-state index contributed by atoms with van der Waals surface area (Å²) in [5.41, 5.74) is 2.77. The van der Waals surface area contributed by atoms with E-state index < -0.39 is 0 Å². The zero-order valence-corrected chi connectivity index (χ0v) is 13.5. The Kier molecular flexibility index (Phi) is 4.21. The Labute approximate surface area is 134 Å². The molecule has 22 heavy (non-hydrogen) atoms. The number of aryl methyl sites for hydroxylation is 2. The molecule has 116 valence electrons. The quantitative estimate of drug-likeness (QED) is 0.913. The van der Waals surface area contributed by atoms with E-state index in [2.05, 4.69) is 10.5 Å². The van der Waals surface area contributed by atoms with Crippen LogP contribution in [0.2, 0.25) is 5.02 Å². The van der Waals surface area contributed by atoms with Gasteiger partial charge in [-0.3, -0.25) is 4.79 Å². The van der Waals surface area contributed by atoms with Crippen molar-refractivity contribution in [3.63, 3.8) is 0 Å². The molecule has 0 unspecified atom stereocenters. The Bertz CT molecular complexity index is 655. The summed E-state index contributed by atoms with van der Waals surface area (Å²) in [5, 5.41) is 7.76. The third-order valence-electron chi connectivity index (χ3n) is 4.16. The minimum absolute atomic E-state index is 0.00116. The maximum atomic E-state index is 12.4. The first-order valence-electron chi connectivity index (χ1n) is 7.51. The first-order valence-corrected chi connectivity index (χ1v) is 7.89. The Hall–Kier alpha value is -1.81. The van der Waals surface area contributed by atoms with Crippen LogP contribution in [0.15, 0.2) is 28.8 Å². The molecule has 1 aromatic carbocycles. The van der Waals surface area contributed by atoms with Crippen LogP contribution in [0, 0.1) is 19.8 Å². The molecule has 4 nitrogen and oxygen atoms in total. The standard InChI is InChI=1S/C17H19ClN2O2/c1-10-15(11(2)22-20-10)9-16(21)19-17(12-3-4-12)13-5-7-14(18)8-6-13/h5-8,12,17H,3-4,9H2,1-2H3,(H,19,21)/t17-/m0/s1. The summed E-state index contributed by atoms with van der Waals surface area (Å²) >= 11 is 5.94. The summed E-state index contributed by atoms with van der Waals surface area (Å²) in [5.74, 6) is 1.23. The molecular formula is C17H19ClN2O2. The van der Waals surface area contributed by atoms with E-state index in [1.54, 1.807) is 0 Å². The number of aromatic nitrogens is 1. The highest BCUT2D eigenvalue weighted by Gasteiger charge is 2.33. The van der Waals surface area contributed by atoms with Gasteiger partial charge in [-0.15, -0.1) is 0 Å². The highest BCUT2D eigenvalue weighted by atomic mass is 35.5. The SMILES string of the molecule is Cc1noc(C)c1CC(=O)N[C@H](c1ccc(Cl)cc1)C1CC1. The van der Waals surface area contributed by atoms with Gasteiger partial charge >= 0.3 is 0 Å². The summed E-state index contributed by atoms with van der Waals surface area (Å²) < 4.78 is 5.11. The fourth-order valence-corrected chi connectivity index (χ4v) is 2.84. The van der Waals surface area contributed by atoms with Crippen LogP contribution >= 0.6 is 11.6 Å². The second-order valence-corrected chi connectivity index (χ2v) is 6.35. The predicted octanol–water partition coefficient (Wildman–Crippen LogP) is 3.75. The van der Waals surface area contributed by atoms with Gasteiger partial charge in [-0.05, 0) is 50.3 Å². The number of halogens is 1. The monoisotopic (exact) mass is 318 g/mol. The van der Waals surface area contributed by atoms with Crippen LogP contribution in [-0.2, 0) is 11.2 Å². The van der Waals surface area contributed by atoms with Crippen LogP contribution in [0.1, 0.15) is 41.5 Å². The van der Waals surface area contributed by atoms with E-state index in [-0.39, 0.29) is 11.9 Å². The summed E-state index contributed by atoms with van der Waals surface area (Å²) in [6.45, 7) is 3.69. The summed E-state index contributed by atoms with van der Waals surface area (Å²) in [6, 6.07) is 7.77. The number of hydrogen-bond acceptors (Lipinski definition) is 3. The van der Waals surface area contributed by atoms with Crippen molar-refractivity contribution in [2.45, 2.75) is 39.2 Å². The second-order valence-electron chi connectivity index (χ2n) is 5.91. The Morgan fingerprint density at radius 2 is 2.05 bits per heavy atom. The highest BCUT2D eigenvalue weighted by molar-refractivity contribution is 6.30. The van der Waals surface area contributed by atoms with Gasteiger partial charge in [0.1, 0.15) is 5.76 Å². The molecule has 1 atom stereocenters. The lowest BCUT2D eigenvalue weighted by atomic mass is 10.0. The molecule has 3 rings (SSSR count). The molecule has 5 heteroatoms. The third kappa shape index (κ3) is 3.33. The van der Waals surface area contributed by atoms with Crippen LogP contribution in [0.4, 0.5) is 0 Å². The van der Waals surface area contributed by atoms with E-state index in [0.29, 0.717) is 23.1 Å². The number of rotatable bonds is 5. The zero-order valence-electron chi connectivity index (χ0n) is 12.7. The number of carbonyl (C=O) groups is 1. The molecule has 0 saturated heterocycles. The third-order valence-corrected chi connectivity index (χ3v) is 4.41. The van der Waals surface area contributed by atoms with Crippen molar-refractivity contribution in [2.75, 3.05) is 0 Å². The number of benzene rings is 1. The number of carbonyl (C=O) groups excluding carboxylic acids is 1. The molecule has 1 heterocycles. The average Bonchev–Trinajstić information content (AvgIpc) is 3.28. The molecule has 1 aliphatic rings. The molecule has 1 saturated carbocycles. The fraction of sp³-hybridized carbons (Fsp3) is 0.412. The molecule has 1 aromatic heterocycles. The van der Waals surface area contributed by atoms with Crippen molar-refractivity contribution < 1.29 is 9.32 Å². The van der Waals surface area contributed by atoms with Gasteiger partial charge < -0.3 is 9.84 Å². The van der Waals surface area contributed by atoms with E-state index in [4.69, 9.17) is 16.1 Å². The lowest BCUT2D eigenvalue weighted by molar-refractivity contribution is -0.121. The molecule has 1 fully saturated rings. The highest BCUT2D eigenvalue weighted by Crippen LogP contribution is 2.41. The van der Waals surface area contributed by atoms with E-state index in [9.17, 15) is 4.79 Å². The van der Waals surface area contributed by atoms with Gasteiger partial charge in [-0.25, -0.2) is 0 Å². The number of amides is 1. The number of nitrogens with one attached hydrogen (secondary N) is 1. The average molecular weight is 319 g/mol. The van der Waals surface area contributed by atoms with Gasteiger partial charge in [-0.1, -0.05) is 28.9 Å². The van der Waals surface area contributed by atoms with Crippen molar-refractivity contribution in [3.05, 3.63) is 51.9 Å². The van der Waals surface area contributed by atoms with Gasteiger partial charge in [0.15, 0.2) is 0 Å². The predicted molar refractivity (Wildman–Crippen MR) is 84.7 cm³/mol. The summed E-state index contributed by atoms with van der Waals surface area (Å²) in [6.07, 6.45) is 2.61. The molecule has 0 bridgehead atoms. The maximum Gasteiger partial charge on any atom is 0.225 e. The molecule has 0 aliphatic heterocycles. The summed E-state index contributed by atoms with van der Waals surface area (Å²) in [4.78, 5) is 12.4. The Morgan fingerprint density at radius 3 is 2.59 bits per heavy atom. The van der Waals surface area contributed by atoms with E-state index >= 15 is 0 Å². The zero-order chi connectivity index (χ0) is 15.7. The van der Waals surface area contributed by atoms with E-state index in [0.717, 1.165) is 29.7 Å². The van der Waals surface area contributed by atoms with Crippen molar-refractivity contribution >= 4 is 17.5 Å². The van der Waals surface area contributed by atoms with Crippen LogP contribution in [0.3, 0.4) is 0 Å². The second kappa shape index (κ2) is 6.13. The van der Waals surface area contributed by atoms with Crippen LogP contribution < -0.4 is 5.32 Å². The van der Waals surface area contributed by atoms with Crippen molar-refractivity contribution in [1.82, 2.24) is 10.5 Å². The Balaban J connectivity index is 1.71. The van der Waals surface area contributed by atoms with Gasteiger partial charge in [0.25, 0.3) is 0 Å². The first-order chi connectivity index (χ1) is 10.5. The molecule has 1 amide bonds. The van der Waals surface area contributed by atoms with Gasteiger partial charge in [0.05, 0.1) is 18.2 Å². The minimum atomic E-state index is 0.00116. The lowest BCUT2D eigenvalue weighted by Crippen LogP contribution is -2.31. The van der Waals surface area contributed by atoms with Crippen molar-refractivity contribution in [2.24, 2.45) is 5.92 Å².